The first kappa shape index (κ1) is 21.5. The summed E-state index contributed by atoms with van der Waals surface area (Å²) in [4.78, 5) is 18.6. The lowest BCUT2D eigenvalue weighted by atomic mass is 9.80. The van der Waals surface area contributed by atoms with Gasteiger partial charge in [-0.3, -0.25) is 9.79 Å². The van der Waals surface area contributed by atoms with Gasteiger partial charge in [0.2, 0.25) is 5.91 Å². The fourth-order valence-corrected chi connectivity index (χ4v) is 3.30. The molecule has 0 bridgehead atoms. The molecule has 0 aromatic carbocycles. The van der Waals surface area contributed by atoms with Crippen LogP contribution in [-0.2, 0) is 9.53 Å². The lowest BCUT2D eigenvalue weighted by Crippen LogP contribution is -2.42. The van der Waals surface area contributed by atoms with Crippen molar-refractivity contribution in [2.75, 3.05) is 45.9 Å². The highest BCUT2D eigenvalue weighted by Gasteiger charge is 2.40. The summed E-state index contributed by atoms with van der Waals surface area (Å²) < 4.78 is 5.52. The van der Waals surface area contributed by atoms with Crippen molar-refractivity contribution in [3.8, 4) is 0 Å². The lowest BCUT2D eigenvalue weighted by Gasteiger charge is -2.33. The van der Waals surface area contributed by atoms with Crippen LogP contribution in [0.25, 0.3) is 0 Å². The summed E-state index contributed by atoms with van der Waals surface area (Å²) in [5.74, 6) is 1.10. The van der Waals surface area contributed by atoms with E-state index in [4.69, 9.17) is 9.73 Å². The molecule has 24 heavy (non-hydrogen) atoms. The van der Waals surface area contributed by atoms with E-state index in [-0.39, 0.29) is 35.8 Å². The number of likely N-dealkylation sites (tertiary alicyclic amines) is 1. The van der Waals surface area contributed by atoms with Crippen LogP contribution in [0.2, 0.25) is 0 Å². The molecule has 0 unspecified atom stereocenters. The van der Waals surface area contributed by atoms with Gasteiger partial charge < -0.3 is 20.3 Å². The molecule has 0 saturated carbocycles. The normalized spacial score (nSPS) is 20.2. The van der Waals surface area contributed by atoms with Gasteiger partial charge in [0, 0.05) is 45.3 Å². The topological polar surface area (TPSA) is 66.0 Å². The van der Waals surface area contributed by atoms with Gasteiger partial charge in [0.1, 0.15) is 0 Å². The molecule has 0 atom stereocenters. The minimum absolute atomic E-state index is 0. The fourth-order valence-electron chi connectivity index (χ4n) is 3.30. The summed E-state index contributed by atoms with van der Waals surface area (Å²) in [5, 5.41) is 6.31. The Morgan fingerprint density at radius 1 is 1.25 bits per heavy atom. The summed E-state index contributed by atoms with van der Waals surface area (Å²) in [6, 6.07) is 0. The second kappa shape index (κ2) is 10.4. The average molecular weight is 452 g/mol. The van der Waals surface area contributed by atoms with Crippen LogP contribution in [0.1, 0.15) is 40.0 Å². The summed E-state index contributed by atoms with van der Waals surface area (Å²) in [6.45, 7) is 11.9. The molecule has 0 aromatic heterocycles. The van der Waals surface area contributed by atoms with Gasteiger partial charge in [-0.2, -0.15) is 0 Å². The first-order valence-corrected chi connectivity index (χ1v) is 8.95. The molecule has 6 nitrogen and oxygen atoms in total. The van der Waals surface area contributed by atoms with Crippen LogP contribution in [0.4, 0.5) is 0 Å². The highest BCUT2D eigenvalue weighted by Crippen LogP contribution is 2.39. The number of hydrogen-bond acceptors (Lipinski definition) is 3. The van der Waals surface area contributed by atoms with Gasteiger partial charge in [-0.15, -0.1) is 24.0 Å². The molecule has 140 valence electrons. The third-order valence-electron chi connectivity index (χ3n) is 4.82. The quantitative estimate of drug-likeness (QED) is 0.289. The highest BCUT2D eigenvalue weighted by atomic mass is 127. The van der Waals surface area contributed by atoms with Crippen LogP contribution in [0.5, 0.6) is 0 Å². The maximum absolute atomic E-state index is 11.6. The number of carbonyl (C=O) groups is 1. The van der Waals surface area contributed by atoms with E-state index in [0.29, 0.717) is 18.5 Å². The van der Waals surface area contributed by atoms with Crippen LogP contribution < -0.4 is 10.6 Å². The maximum Gasteiger partial charge on any atom is 0.222 e. The smallest absolute Gasteiger partial charge is 0.222 e. The summed E-state index contributed by atoms with van der Waals surface area (Å²) in [6.07, 6.45) is 3.55. The molecule has 1 spiro atoms. The third-order valence-corrected chi connectivity index (χ3v) is 4.82. The molecule has 2 aliphatic heterocycles. The molecule has 2 fully saturated rings. The van der Waals surface area contributed by atoms with Crippen LogP contribution in [0.15, 0.2) is 4.99 Å². The number of guanidine groups is 1. The highest BCUT2D eigenvalue weighted by molar-refractivity contribution is 14.0. The van der Waals surface area contributed by atoms with Crippen LogP contribution in [-0.4, -0.2) is 62.7 Å². The predicted octanol–water partition coefficient (Wildman–Crippen LogP) is 1.84. The van der Waals surface area contributed by atoms with E-state index in [0.717, 1.165) is 51.6 Å². The molecule has 0 aromatic rings. The number of carbonyl (C=O) groups excluding carboxylic acids is 1. The van der Waals surface area contributed by atoms with Crippen molar-refractivity contribution in [3.63, 3.8) is 0 Å². The van der Waals surface area contributed by atoms with E-state index in [1.807, 2.05) is 13.8 Å². The van der Waals surface area contributed by atoms with E-state index in [1.54, 1.807) is 0 Å². The molecule has 0 radical (unpaired) electrons. The minimum atomic E-state index is 0. The number of halogens is 1. The van der Waals surface area contributed by atoms with Gasteiger partial charge >= 0.3 is 0 Å². The number of ether oxygens (including phenoxy) is 1. The molecule has 2 saturated heterocycles. The number of rotatable bonds is 5. The molecule has 2 rings (SSSR count). The van der Waals surface area contributed by atoms with E-state index >= 15 is 0 Å². The summed E-state index contributed by atoms with van der Waals surface area (Å²) in [7, 11) is 0. The number of nitrogens with zero attached hydrogens (tertiary/aromatic N) is 2. The summed E-state index contributed by atoms with van der Waals surface area (Å²) >= 11 is 0. The van der Waals surface area contributed by atoms with Crippen LogP contribution in [0, 0.1) is 11.3 Å². The van der Waals surface area contributed by atoms with Crippen molar-refractivity contribution >= 4 is 35.8 Å². The molecular weight excluding hydrogens is 419 g/mol. The lowest BCUT2D eigenvalue weighted by molar-refractivity contribution is -0.123. The second-order valence-corrected chi connectivity index (χ2v) is 6.97. The van der Waals surface area contributed by atoms with Crippen molar-refractivity contribution in [3.05, 3.63) is 0 Å². The van der Waals surface area contributed by atoms with E-state index in [2.05, 4.69) is 22.5 Å². The maximum atomic E-state index is 11.6. The predicted molar refractivity (Wildman–Crippen MR) is 108 cm³/mol. The average Bonchev–Trinajstić information content (AvgIpc) is 2.94. The minimum Gasteiger partial charge on any atom is -0.381 e. The van der Waals surface area contributed by atoms with E-state index < -0.39 is 0 Å². The Bertz CT molecular complexity index is 423. The first-order valence-electron chi connectivity index (χ1n) is 8.95. The van der Waals surface area contributed by atoms with Crippen molar-refractivity contribution in [2.45, 2.75) is 40.0 Å². The summed E-state index contributed by atoms with van der Waals surface area (Å²) in [5.41, 5.74) is 0.417. The number of amides is 1. The van der Waals surface area contributed by atoms with Crippen LogP contribution in [0.3, 0.4) is 0 Å². The Hall–Kier alpha value is -0.570. The van der Waals surface area contributed by atoms with Gasteiger partial charge in [-0.25, -0.2) is 0 Å². The van der Waals surface area contributed by atoms with Crippen molar-refractivity contribution in [1.82, 2.24) is 15.5 Å². The zero-order chi connectivity index (χ0) is 16.7. The molecule has 2 heterocycles. The van der Waals surface area contributed by atoms with Gasteiger partial charge in [0.05, 0.1) is 6.54 Å². The first-order chi connectivity index (χ1) is 11.1. The van der Waals surface area contributed by atoms with Crippen LogP contribution >= 0.6 is 24.0 Å². The SMILES string of the molecule is CCNC(=NCCNC(=O)C(C)C)N1CCC2(CCOCC2)C1.I. The van der Waals surface area contributed by atoms with Gasteiger partial charge in [0.15, 0.2) is 5.96 Å². The van der Waals surface area contributed by atoms with Crippen molar-refractivity contribution in [2.24, 2.45) is 16.3 Å². The Morgan fingerprint density at radius 3 is 2.58 bits per heavy atom. The molecule has 7 heteroatoms. The number of nitrogens with one attached hydrogen (secondary N) is 2. The third kappa shape index (κ3) is 6.06. The van der Waals surface area contributed by atoms with Crippen molar-refractivity contribution in [1.29, 1.82) is 0 Å². The second-order valence-electron chi connectivity index (χ2n) is 6.97. The molecule has 1 amide bonds. The zero-order valence-electron chi connectivity index (χ0n) is 15.3. The zero-order valence-corrected chi connectivity index (χ0v) is 17.6. The molecule has 2 N–H and O–H groups in total. The van der Waals surface area contributed by atoms with E-state index in [9.17, 15) is 4.79 Å². The monoisotopic (exact) mass is 452 g/mol. The fraction of sp³-hybridized carbons (Fsp3) is 0.882. The van der Waals surface area contributed by atoms with Gasteiger partial charge in [0.25, 0.3) is 0 Å². The standard InChI is InChI=1S/C17H32N4O2.HI/c1-4-18-16(20-9-8-19-15(22)14(2)3)21-10-5-17(13-21)6-11-23-12-7-17;/h14H,4-13H2,1-3H3,(H,18,20)(H,19,22);1H. The number of aliphatic imine (C=N–C) groups is 1. The van der Waals surface area contributed by atoms with Gasteiger partial charge in [-0.05, 0) is 31.6 Å². The van der Waals surface area contributed by atoms with Crippen molar-refractivity contribution < 1.29 is 9.53 Å². The Kier molecular flexibility index (Phi) is 9.33. The Morgan fingerprint density at radius 2 is 1.96 bits per heavy atom. The Labute approximate surface area is 163 Å². The molecule has 2 aliphatic rings. The van der Waals surface area contributed by atoms with E-state index in [1.165, 1.54) is 6.42 Å². The molecule has 0 aliphatic carbocycles. The number of hydrogen-bond donors (Lipinski definition) is 2. The molecular formula is C17H33IN4O2. The largest absolute Gasteiger partial charge is 0.381 e. The van der Waals surface area contributed by atoms with Gasteiger partial charge in [-0.1, -0.05) is 13.8 Å². The Balaban J connectivity index is 0.00000288.